The van der Waals surface area contributed by atoms with Crippen LogP contribution in [0.5, 0.6) is 0 Å². The molecule has 1 heterocycles. The lowest BCUT2D eigenvalue weighted by Gasteiger charge is -2.15. The highest BCUT2D eigenvalue weighted by Crippen LogP contribution is 2.16. The standard InChI is InChI=1S/C26H22N2O2/c29-25-10-5-17-28(25)19-22-13-15-23(16-14-22)26(30)27-24-9-4-8-21(18-24)12-11-20-6-2-1-3-7-20/h1-4,6-9,13-16,18H,5,10,17,19H2,(H,27,30). The lowest BCUT2D eigenvalue weighted by atomic mass is 10.1. The summed E-state index contributed by atoms with van der Waals surface area (Å²) in [6, 6.07) is 24.7. The van der Waals surface area contributed by atoms with E-state index in [1.54, 1.807) is 12.1 Å². The molecule has 4 nitrogen and oxygen atoms in total. The lowest BCUT2D eigenvalue weighted by molar-refractivity contribution is -0.128. The van der Waals surface area contributed by atoms with E-state index in [2.05, 4.69) is 17.2 Å². The summed E-state index contributed by atoms with van der Waals surface area (Å²) in [6.07, 6.45) is 1.56. The number of likely N-dealkylation sites (tertiary alicyclic amines) is 1. The fraction of sp³-hybridized carbons (Fsp3) is 0.154. The number of nitrogens with one attached hydrogen (secondary N) is 1. The topological polar surface area (TPSA) is 49.4 Å². The Kier molecular flexibility index (Phi) is 5.91. The van der Waals surface area contributed by atoms with Crippen LogP contribution < -0.4 is 5.32 Å². The summed E-state index contributed by atoms with van der Waals surface area (Å²) in [6.45, 7) is 1.41. The first kappa shape index (κ1) is 19.5. The molecule has 1 fully saturated rings. The molecule has 1 aliphatic rings. The van der Waals surface area contributed by atoms with Gasteiger partial charge in [0.15, 0.2) is 0 Å². The smallest absolute Gasteiger partial charge is 0.255 e. The van der Waals surface area contributed by atoms with Crippen LogP contribution in [0.4, 0.5) is 5.69 Å². The normalized spacial score (nSPS) is 12.9. The molecule has 4 rings (SSSR count). The molecular formula is C26H22N2O2. The number of nitrogens with zero attached hydrogens (tertiary/aromatic N) is 1. The minimum atomic E-state index is -0.174. The molecule has 1 aliphatic heterocycles. The van der Waals surface area contributed by atoms with Gasteiger partial charge < -0.3 is 10.2 Å². The van der Waals surface area contributed by atoms with Crippen LogP contribution >= 0.6 is 0 Å². The third kappa shape index (κ3) is 4.95. The molecule has 1 saturated heterocycles. The van der Waals surface area contributed by atoms with Gasteiger partial charge in [-0.2, -0.15) is 0 Å². The third-order valence-electron chi connectivity index (χ3n) is 5.01. The minimum Gasteiger partial charge on any atom is -0.338 e. The van der Waals surface area contributed by atoms with E-state index in [9.17, 15) is 9.59 Å². The summed E-state index contributed by atoms with van der Waals surface area (Å²) < 4.78 is 0. The number of amides is 2. The fourth-order valence-corrected chi connectivity index (χ4v) is 3.40. The quantitative estimate of drug-likeness (QED) is 0.664. The first-order valence-corrected chi connectivity index (χ1v) is 10.0. The molecule has 0 radical (unpaired) electrons. The van der Waals surface area contributed by atoms with Gasteiger partial charge in [-0.15, -0.1) is 0 Å². The molecule has 0 aliphatic carbocycles. The zero-order valence-corrected chi connectivity index (χ0v) is 16.6. The van der Waals surface area contributed by atoms with Crippen molar-refractivity contribution in [3.05, 3.63) is 101 Å². The molecule has 0 bridgehead atoms. The van der Waals surface area contributed by atoms with Crippen LogP contribution in [0.25, 0.3) is 0 Å². The van der Waals surface area contributed by atoms with Crippen molar-refractivity contribution in [2.45, 2.75) is 19.4 Å². The second-order valence-electron chi connectivity index (χ2n) is 7.27. The molecule has 4 heteroatoms. The fourth-order valence-electron chi connectivity index (χ4n) is 3.40. The number of carbonyl (C=O) groups is 2. The second kappa shape index (κ2) is 9.11. The van der Waals surface area contributed by atoms with E-state index in [0.29, 0.717) is 24.2 Å². The van der Waals surface area contributed by atoms with Crippen LogP contribution in [0.1, 0.15) is 39.9 Å². The van der Waals surface area contributed by atoms with Crippen LogP contribution in [-0.2, 0) is 11.3 Å². The van der Waals surface area contributed by atoms with Crippen LogP contribution in [-0.4, -0.2) is 23.3 Å². The zero-order valence-electron chi connectivity index (χ0n) is 16.6. The SMILES string of the molecule is O=C(Nc1cccc(C#Cc2ccccc2)c1)c1ccc(CN2CCCC2=O)cc1. The van der Waals surface area contributed by atoms with Crippen molar-refractivity contribution in [3.8, 4) is 11.8 Å². The number of hydrogen-bond donors (Lipinski definition) is 1. The van der Waals surface area contributed by atoms with Crippen LogP contribution in [0, 0.1) is 11.8 Å². The molecular weight excluding hydrogens is 372 g/mol. The molecule has 148 valence electrons. The van der Waals surface area contributed by atoms with E-state index in [1.807, 2.05) is 71.6 Å². The minimum absolute atomic E-state index is 0.174. The highest BCUT2D eigenvalue weighted by atomic mass is 16.2. The predicted octanol–water partition coefficient (Wildman–Crippen LogP) is 4.46. The third-order valence-corrected chi connectivity index (χ3v) is 5.01. The summed E-state index contributed by atoms with van der Waals surface area (Å²) in [4.78, 5) is 26.2. The van der Waals surface area contributed by atoms with E-state index < -0.39 is 0 Å². The first-order valence-electron chi connectivity index (χ1n) is 10.0. The average molecular weight is 394 g/mol. The molecule has 3 aromatic carbocycles. The van der Waals surface area contributed by atoms with E-state index in [1.165, 1.54) is 0 Å². The molecule has 3 aromatic rings. The van der Waals surface area contributed by atoms with Crippen molar-refractivity contribution in [2.75, 3.05) is 11.9 Å². The Morgan fingerprint density at radius 1 is 0.900 bits per heavy atom. The van der Waals surface area contributed by atoms with Crippen molar-refractivity contribution in [3.63, 3.8) is 0 Å². The molecule has 0 aromatic heterocycles. The zero-order chi connectivity index (χ0) is 20.8. The molecule has 0 unspecified atom stereocenters. The van der Waals surface area contributed by atoms with E-state index in [-0.39, 0.29) is 11.8 Å². The van der Waals surface area contributed by atoms with Gasteiger partial charge in [-0.1, -0.05) is 48.2 Å². The Morgan fingerprint density at radius 3 is 2.37 bits per heavy atom. The van der Waals surface area contributed by atoms with Crippen molar-refractivity contribution in [2.24, 2.45) is 0 Å². The van der Waals surface area contributed by atoms with Crippen molar-refractivity contribution >= 4 is 17.5 Å². The molecule has 2 amide bonds. The maximum Gasteiger partial charge on any atom is 0.255 e. The molecule has 0 saturated carbocycles. The van der Waals surface area contributed by atoms with Crippen LogP contribution in [0.2, 0.25) is 0 Å². The maximum absolute atomic E-state index is 12.6. The number of benzene rings is 3. The molecule has 0 atom stereocenters. The number of hydrogen-bond acceptors (Lipinski definition) is 2. The van der Waals surface area contributed by atoms with Gasteiger partial charge in [0.05, 0.1) is 0 Å². The summed E-state index contributed by atoms with van der Waals surface area (Å²) >= 11 is 0. The van der Waals surface area contributed by atoms with Crippen molar-refractivity contribution in [1.29, 1.82) is 0 Å². The van der Waals surface area contributed by atoms with E-state index in [4.69, 9.17) is 0 Å². The monoisotopic (exact) mass is 394 g/mol. The lowest BCUT2D eigenvalue weighted by Crippen LogP contribution is -2.23. The van der Waals surface area contributed by atoms with Gasteiger partial charge in [0.1, 0.15) is 0 Å². The highest BCUT2D eigenvalue weighted by Gasteiger charge is 2.20. The number of anilines is 1. The van der Waals surface area contributed by atoms with Gasteiger partial charge in [-0.25, -0.2) is 0 Å². The average Bonchev–Trinajstić information content (AvgIpc) is 3.18. The summed E-state index contributed by atoms with van der Waals surface area (Å²) in [5, 5.41) is 2.93. The summed E-state index contributed by atoms with van der Waals surface area (Å²) in [5.74, 6) is 6.27. The Bertz CT molecular complexity index is 1110. The molecule has 1 N–H and O–H groups in total. The maximum atomic E-state index is 12.6. The predicted molar refractivity (Wildman–Crippen MR) is 118 cm³/mol. The summed E-state index contributed by atoms with van der Waals surface area (Å²) in [7, 11) is 0. The van der Waals surface area contributed by atoms with Crippen LogP contribution in [0.3, 0.4) is 0 Å². The first-order chi connectivity index (χ1) is 14.7. The Morgan fingerprint density at radius 2 is 1.63 bits per heavy atom. The van der Waals surface area contributed by atoms with E-state index >= 15 is 0 Å². The van der Waals surface area contributed by atoms with Gasteiger partial charge in [0.2, 0.25) is 5.91 Å². The van der Waals surface area contributed by atoms with E-state index in [0.717, 1.165) is 29.7 Å². The van der Waals surface area contributed by atoms with Gasteiger partial charge in [-0.05, 0) is 54.4 Å². The number of rotatable bonds is 4. The summed E-state index contributed by atoms with van der Waals surface area (Å²) in [5.41, 5.74) is 4.09. The van der Waals surface area contributed by atoms with Gasteiger partial charge in [-0.3, -0.25) is 9.59 Å². The van der Waals surface area contributed by atoms with Crippen molar-refractivity contribution < 1.29 is 9.59 Å². The van der Waals surface area contributed by atoms with Gasteiger partial charge in [0.25, 0.3) is 5.91 Å². The largest absolute Gasteiger partial charge is 0.338 e. The van der Waals surface area contributed by atoms with Crippen LogP contribution in [0.15, 0.2) is 78.9 Å². The van der Waals surface area contributed by atoms with Gasteiger partial charge in [0, 0.05) is 41.9 Å². The second-order valence-corrected chi connectivity index (χ2v) is 7.27. The van der Waals surface area contributed by atoms with Crippen molar-refractivity contribution in [1.82, 2.24) is 4.90 Å². The Hall–Kier alpha value is -3.84. The van der Waals surface area contributed by atoms with Gasteiger partial charge >= 0.3 is 0 Å². The molecule has 0 spiro atoms. The Balaban J connectivity index is 1.40. The highest BCUT2D eigenvalue weighted by molar-refractivity contribution is 6.04. The molecule has 30 heavy (non-hydrogen) atoms. The number of carbonyl (C=O) groups excluding carboxylic acids is 2. The Labute approximate surface area is 176 Å².